The summed E-state index contributed by atoms with van der Waals surface area (Å²) >= 11 is 0. The Morgan fingerprint density at radius 2 is 1.72 bits per heavy atom. The van der Waals surface area contributed by atoms with Crippen LogP contribution >= 0.6 is 8.58 Å². The Morgan fingerprint density at radius 3 is 2.33 bits per heavy atom. The predicted molar refractivity (Wildman–Crippen MR) is 76.7 cm³/mol. The van der Waals surface area contributed by atoms with E-state index >= 15 is 0 Å². The maximum Gasteiger partial charge on any atom is 1.00 e. The molecule has 0 spiro atoms. The molecule has 0 radical (unpaired) electrons. The van der Waals surface area contributed by atoms with E-state index in [-0.39, 0.29) is 20.3 Å². The second-order valence-corrected chi connectivity index (χ2v) is 6.71. The molecule has 1 atom stereocenters. The molecule has 0 N–H and O–H groups in total. The third kappa shape index (κ3) is 3.48. The van der Waals surface area contributed by atoms with Gasteiger partial charge < -0.3 is 1.43 Å². The molecule has 0 bridgehead atoms. The molecule has 0 amide bonds. The van der Waals surface area contributed by atoms with Gasteiger partial charge in [-0.25, -0.2) is 0 Å². The molecule has 1 unspecified atom stereocenters. The quantitative estimate of drug-likeness (QED) is 0.591. The summed E-state index contributed by atoms with van der Waals surface area (Å²) in [6.45, 7) is 6.22. The van der Waals surface area contributed by atoms with Crippen LogP contribution in [0.15, 0.2) is 12.1 Å². The molecule has 1 aliphatic carbocycles. The third-order valence-electron chi connectivity index (χ3n) is 3.86. The summed E-state index contributed by atoms with van der Waals surface area (Å²) in [6, 6.07) is 4.19. The zero-order valence-electron chi connectivity index (χ0n) is 13.0. The average molecular weight is 256 g/mol. The van der Waals surface area contributed by atoms with Crippen LogP contribution in [-0.2, 0) is 0 Å². The van der Waals surface area contributed by atoms with E-state index in [1.165, 1.54) is 36.8 Å². The molecule has 1 fully saturated rings. The number of carbonyl (C=O) groups is 1. The Hall–Kier alpha value is -0.0826. The van der Waals surface area contributed by atoms with Crippen LogP contribution in [0.5, 0.6) is 0 Å². The van der Waals surface area contributed by atoms with Gasteiger partial charge in [0.25, 0.3) is 0 Å². The van der Waals surface area contributed by atoms with Crippen molar-refractivity contribution in [1.29, 1.82) is 0 Å². The minimum atomic E-state index is 0. The fourth-order valence-corrected chi connectivity index (χ4v) is 4.23. The molecule has 1 aliphatic rings. The number of rotatable bonds is 3. The molecule has 0 aliphatic heterocycles. The summed E-state index contributed by atoms with van der Waals surface area (Å²) in [5, 5.41) is 0. The smallest absolute Gasteiger partial charge is 1.00 e. The van der Waals surface area contributed by atoms with E-state index in [0.29, 0.717) is 19.8 Å². The number of carbonyl (C=O) groups excluding carboxylic acids is 1. The Bertz CT molecular complexity index is 442. The first-order chi connectivity index (χ1) is 8.09. The number of benzene rings is 1. The van der Waals surface area contributed by atoms with Crippen molar-refractivity contribution in [3.8, 4) is 0 Å². The van der Waals surface area contributed by atoms with Crippen molar-refractivity contribution in [2.24, 2.45) is 0 Å². The maximum atomic E-state index is 12.4. The topological polar surface area (TPSA) is 17.1 Å². The van der Waals surface area contributed by atoms with Crippen molar-refractivity contribution >= 4 is 14.1 Å². The molecule has 0 aromatic heterocycles. The number of aryl methyl sites for hydroxylation is 2. The number of hydrogen-bond acceptors (Lipinski definition) is 1. The van der Waals surface area contributed by atoms with Crippen LogP contribution in [0.4, 0.5) is 0 Å². The Morgan fingerprint density at radius 1 is 1.17 bits per heavy atom. The normalized spacial score (nSPS) is 16.2. The molecule has 0 saturated heterocycles. The van der Waals surface area contributed by atoms with Crippen LogP contribution in [0.25, 0.3) is 0 Å². The molecule has 2 rings (SSSR count). The predicted octanol–water partition coefficient (Wildman–Crippen LogP) is 1.49. The molecule has 0 heterocycles. The van der Waals surface area contributed by atoms with Crippen LogP contribution in [-0.4, -0.2) is 11.2 Å². The van der Waals surface area contributed by atoms with Gasteiger partial charge in [-0.15, -0.1) is 0 Å². The molecule has 1 aromatic rings. The standard InChI is InChI=1S/C15H21OP.Li.H/c1-10-8-9-11(2)14(12(10)3)15(16)17-13-6-4-5-7-13;;/h8-9,13,17H,4-7H2,1-3H3;;/q;+1;-1. The van der Waals surface area contributed by atoms with Gasteiger partial charge >= 0.3 is 18.9 Å². The zero-order valence-corrected chi connectivity index (χ0v) is 13.0. The fourth-order valence-electron chi connectivity index (χ4n) is 2.63. The summed E-state index contributed by atoms with van der Waals surface area (Å²) in [5.74, 6) is 0. The molecule has 94 valence electrons. The summed E-state index contributed by atoms with van der Waals surface area (Å²) in [5.41, 5.74) is 5.60. The van der Waals surface area contributed by atoms with Gasteiger partial charge in [0, 0.05) is 5.56 Å². The SMILES string of the molecule is Cc1ccc(C)c(C(=O)PC2CCCC2)c1C.[H-].[Li+]. The van der Waals surface area contributed by atoms with E-state index in [4.69, 9.17) is 0 Å². The van der Waals surface area contributed by atoms with Crippen molar-refractivity contribution < 1.29 is 25.1 Å². The summed E-state index contributed by atoms with van der Waals surface area (Å²) in [6.07, 6.45) is 5.15. The average Bonchev–Trinajstić information content (AvgIpc) is 2.77. The van der Waals surface area contributed by atoms with Crippen molar-refractivity contribution in [2.75, 3.05) is 0 Å². The van der Waals surface area contributed by atoms with E-state index < -0.39 is 0 Å². The van der Waals surface area contributed by atoms with Crippen LogP contribution < -0.4 is 18.9 Å². The van der Waals surface area contributed by atoms with Crippen molar-refractivity contribution in [1.82, 2.24) is 0 Å². The van der Waals surface area contributed by atoms with Gasteiger partial charge in [0.2, 0.25) is 0 Å². The molecule has 1 aromatic carbocycles. The van der Waals surface area contributed by atoms with E-state index in [0.717, 1.165) is 11.1 Å². The van der Waals surface area contributed by atoms with Gasteiger partial charge in [-0.2, -0.15) is 0 Å². The molecule has 3 heteroatoms. The van der Waals surface area contributed by atoms with Crippen LogP contribution in [0.3, 0.4) is 0 Å². The molecule has 1 nitrogen and oxygen atoms in total. The van der Waals surface area contributed by atoms with E-state index in [1.807, 2.05) is 0 Å². The zero-order chi connectivity index (χ0) is 12.4. The van der Waals surface area contributed by atoms with E-state index in [1.54, 1.807) is 0 Å². The largest absolute Gasteiger partial charge is 1.00 e. The summed E-state index contributed by atoms with van der Waals surface area (Å²) in [7, 11) is 0.487. The molecule has 18 heavy (non-hydrogen) atoms. The first-order valence-electron chi connectivity index (χ1n) is 6.47. The van der Waals surface area contributed by atoms with Gasteiger partial charge in [-0.3, -0.25) is 4.79 Å². The Balaban J connectivity index is 0.00000162. The minimum absolute atomic E-state index is 0. The second-order valence-electron chi connectivity index (χ2n) is 5.15. The van der Waals surface area contributed by atoms with Crippen molar-refractivity contribution in [3.63, 3.8) is 0 Å². The van der Waals surface area contributed by atoms with Crippen LogP contribution in [0.2, 0.25) is 0 Å². The fraction of sp³-hybridized carbons (Fsp3) is 0.533. The first kappa shape index (κ1) is 16.0. The van der Waals surface area contributed by atoms with E-state index in [9.17, 15) is 4.79 Å². The minimum Gasteiger partial charge on any atom is -1.00 e. The van der Waals surface area contributed by atoms with Crippen molar-refractivity contribution in [3.05, 3.63) is 34.4 Å². The monoisotopic (exact) mass is 256 g/mol. The van der Waals surface area contributed by atoms with Gasteiger partial charge in [0.05, 0.1) is 0 Å². The first-order valence-corrected chi connectivity index (χ1v) is 7.55. The second kappa shape index (κ2) is 6.90. The molecule has 1 saturated carbocycles. The maximum absolute atomic E-state index is 12.4. The Labute approximate surface area is 126 Å². The van der Waals surface area contributed by atoms with Gasteiger partial charge in [0.15, 0.2) is 5.52 Å². The molecular weight excluding hydrogens is 234 g/mol. The number of hydrogen-bond donors (Lipinski definition) is 0. The van der Waals surface area contributed by atoms with E-state index in [2.05, 4.69) is 32.9 Å². The van der Waals surface area contributed by atoms with Crippen molar-refractivity contribution in [2.45, 2.75) is 52.1 Å². The van der Waals surface area contributed by atoms with Gasteiger partial charge in [-0.05, 0) is 64.5 Å². The van der Waals surface area contributed by atoms with Gasteiger partial charge in [0.1, 0.15) is 0 Å². The van der Waals surface area contributed by atoms with Gasteiger partial charge in [-0.1, -0.05) is 25.0 Å². The third-order valence-corrected chi connectivity index (χ3v) is 5.36. The van der Waals surface area contributed by atoms with Crippen LogP contribution in [0, 0.1) is 20.8 Å². The summed E-state index contributed by atoms with van der Waals surface area (Å²) < 4.78 is 0. The van der Waals surface area contributed by atoms with Crippen LogP contribution in [0.1, 0.15) is 54.2 Å². The Kier molecular flexibility index (Phi) is 6.13. The summed E-state index contributed by atoms with van der Waals surface area (Å²) in [4.78, 5) is 12.4. The molecular formula is C15H22LiOP.